The molecule has 37 heavy (non-hydrogen) atoms. The molecule has 6 nitrogen and oxygen atoms in total. The zero-order valence-electron chi connectivity index (χ0n) is 21.0. The summed E-state index contributed by atoms with van der Waals surface area (Å²) in [5.41, 5.74) is 2.22. The molecule has 1 fully saturated rings. The van der Waals surface area contributed by atoms with Crippen molar-refractivity contribution >= 4 is 27.5 Å². The third-order valence-electron chi connectivity index (χ3n) is 6.79. The number of hydrogen-bond acceptors (Lipinski definition) is 4. The van der Waals surface area contributed by atoms with Crippen LogP contribution in [0.2, 0.25) is 5.02 Å². The summed E-state index contributed by atoms with van der Waals surface area (Å²) in [7, 11) is -3.81. The lowest BCUT2D eigenvalue weighted by atomic mass is 10.0. The van der Waals surface area contributed by atoms with Crippen LogP contribution >= 0.6 is 11.6 Å². The van der Waals surface area contributed by atoms with Gasteiger partial charge in [0.2, 0.25) is 10.0 Å². The van der Waals surface area contributed by atoms with Crippen LogP contribution in [0.15, 0.2) is 83.8 Å². The van der Waals surface area contributed by atoms with Crippen molar-refractivity contribution < 1.29 is 17.9 Å². The molecule has 196 valence electrons. The molecule has 0 unspecified atom stereocenters. The Labute approximate surface area is 224 Å². The van der Waals surface area contributed by atoms with Crippen LogP contribution < -0.4 is 5.32 Å². The maximum absolute atomic E-state index is 13.8. The quantitative estimate of drug-likeness (QED) is 0.350. The minimum atomic E-state index is -3.81. The molecule has 1 atom stereocenters. The van der Waals surface area contributed by atoms with Crippen LogP contribution in [0.1, 0.15) is 53.7 Å². The predicted molar refractivity (Wildman–Crippen MR) is 146 cm³/mol. The van der Waals surface area contributed by atoms with Crippen molar-refractivity contribution in [2.45, 2.75) is 43.7 Å². The molecular weight excluding hydrogens is 508 g/mol. The van der Waals surface area contributed by atoms with E-state index in [1.807, 2.05) is 31.2 Å². The third-order valence-corrected chi connectivity index (χ3v) is 8.91. The van der Waals surface area contributed by atoms with E-state index in [1.165, 1.54) is 4.31 Å². The van der Waals surface area contributed by atoms with Gasteiger partial charge in [-0.2, -0.15) is 4.31 Å². The molecule has 0 aliphatic carbocycles. The minimum absolute atomic E-state index is 0.126. The van der Waals surface area contributed by atoms with Crippen LogP contribution in [0.25, 0.3) is 0 Å². The highest BCUT2D eigenvalue weighted by molar-refractivity contribution is 7.89. The van der Waals surface area contributed by atoms with Crippen LogP contribution in [0.3, 0.4) is 0 Å². The first-order chi connectivity index (χ1) is 17.9. The fourth-order valence-electron chi connectivity index (χ4n) is 4.61. The number of rotatable bonds is 10. The first-order valence-corrected chi connectivity index (χ1v) is 14.5. The molecule has 1 aliphatic rings. The van der Waals surface area contributed by atoms with E-state index in [0.717, 1.165) is 37.2 Å². The number of ether oxygens (including phenoxy) is 1. The summed E-state index contributed by atoms with van der Waals surface area (Å²) in [4.78, 5) is 12.9. The molecule has 3 aromatic carbocycles. The number of nitrogens with zero attached hydrogens (tertiary/aromatic N) is 1. The molecule has 0 bridgehead atoms. The van der Waals surface area contributed by atoms with Gasteiger partial charge in [-0.1, -0.05) is 61.0 Å². The molecule has 4 rings (SSSR count). The van der Waals surface area contributed by atoms with Crippen molar-refractivity contribution in [2.24, 2.45) is 5.92 Å². The Balaban J connectivity index is 1.55. The first-order valence-electron chi connectivity index (χ1n) is 12.7. The molecule has 0 saturated carbocycles. The van der Waals surface area contributed by atoms with E-state index in [9.17, 15) is 13.2 Å². The molecule has 1 amide bonds. The Morgan fingerprint density at radius 2 is 1.65 bits per heavy atom. The van der Waals surface area contributed by atoms with Crippen LogP contribution in [0, 0.1) is 5.92 Å². The number of carbonyl (C=O) groups excluding carboxylic acids is 1. The molecule has 0 radical (unpaired) electrons. The summed E-state index contributed by atoms with van der Waals surface area (Å²) in [6, 6.07) is 22.5. The van der Waals surface area contributed by atoms with Gasteiger partial charge >= 0.3 is 0 Å². The molecule has 0 aromatic heterocycles. The summed E-state index contributed by atoms with van der Waals surface area (Å²) in [6.07, 6.45) is 2.49. The van der Waals surface area contributed by atoms with E-state index in [1.54, 1.807) is 54.6 Å². The number of halogens is 1. The van der Waals surface area contributed by atoms with Gasteiger partial charge in [-0.05, 0) is 72.7 Å². The highest BCUT2D eigenvalue weighted by Crippen LogP contribution is 2.32. The summed E-state index contributed by atoms with van der Waals surface area (Å²) in [6.45, 7) is 4.26. The Morgan fingerprint density at radius 1 is 1.00 bits per heavy atom. The van der Waals surface area contributed by atoms with Gasteiger partial charge in [0.15, 0.2) is 0 Å². The lowest BCUT2D eigenvalue weighted by molar-refractivity contribution is 0.0642. The SMILES string of the molecule is CC[C@@H](c1ccc(Cl)cc1)N(Cc1ccc(C(=O)NCC2CCOCC2)cc1)S(=O)(=O)c1ccccc1. The number of carbonyl (C=O) groups is 1. The molecular formula is C29H33ClN2O4S. The van der Waals surface area contributed by atoms with Crippen molar-refractivity contribution in [1.29, 1.82) is 0 Å². The molecule has 0 spiro atoms. The van der Waals surface area contributed by atoms with Gasteiger partial charge in [-0.3, -0.25) is 4.79 Å². The van der Waals surface area contributed by atoms with Crippen LogP contribution in [0.4, 0.5) is 0 Å². The van der Waals surface area contributed by atoms with Crippen molar-refractivity contribution in [2.75, 3.05) is 19.8 Å². The lowest BCUT2D eigenvalue weighted by Gasteiger charge is -2.31. The second-order valence-electron chi connectivity index (χ2n) is 9.30. The smallest absolute Gasteiger partial charge is 0.251 e. The van der Waals surface area contributed by atoms with Crippen LogP contribution in [0.5, 0.6) is 0 Å². The number of sulfonamides is 1. The molecule has 1 heterocycles. The Kier molecular flexibility index (Phi) is 9.38. The Bertz CT molecular complexity index is 1260. The normalized spacial score (nSPS) is 15.4. The second-order valence-corrected chi connectivity index (χ2v) is 11.6. The minimum Gasteiger partial charge on any atom is -0.381 e. The first kappa shape index (κ1) is 27.3. The van der Waals surface area contributed by atoms with Gasteiger partial charge in [-0.15, -0.1) is 0 Å². The monoisotopic (exact) mass is 540 g/mol. The van der Waals surface area contributed by atoms with Gasteiger partial charge in [0.1, 0.15) is 0 Å². The lowest BCUT2D eigenvalue weighted by Crippen LogP contribution is -2.34. The zero-order valence-corrected chi connectivity index (χ0v) is 22.5. The average Bonchev–Trinajstić information content (AvgIpc) is 2.94. The molecule has 8 heteroatoms. The van der Waals surface area contributed by atoms with E-state index in [2.05, 4.69) is 5.32 Å². The largest absolute Gasteiger partial charge is 0.381 e. The Hall–Kier alpha value is -2.71. The third kappa shape index (κ3) is 6.99. The van der Waals surface area contributed by atoms with Gasteiger partial charge < -0.3 is 10.1 Å². The van der Waals surface area contributed by atoms with Crippen LogP contribution in [-0.2, 0) is 21.3 Å². The maximum Gasteiger partial charge on any atom is 0.251 e. The number of hydrogen-bond donors (Lipinski definition) is 1. The fraction of sp³-hybridized carbons (Fsp3) is 0.345. The average molecular weight is 541 g/mol. The maximum atomic E-state index is 13.8. The van der Waals surface area contributed by atoms with Gasteiger partial charge in [0.25, 0.3) is 5.91 Å². The zero-order chi connectivity index (χ0) is 26.3. The highest BCUT2D eigenvalue weighted by Gasteiger charge is 2.32. The van der Waals surface area contributed by atoms with E-state index >= 15 is 0 Å². The van der Waals surface area contributed by atoms with E-state index in [-0.39, 0.29) is 23.4 Å². The van der Waals surface area contributed by atoms with Crippen molar-refractivity contribution in [1.82, 2.24) is 9.62 Å². The van der Waals surface area contributed by atoms with Gasteiger partial charge in [0, 0.05) is 36.9 Å². The van der Waals surface area contributed by atoms with Gasteiger partial charge in [0.05, 0.1) is 10.9 Å². The van der Waals surface area contributed by atoms with Crippen molar-refractivity contribution in [3.63, 3.8) is 0 Å². The predicted octanol–water partition coefficient (Wildman–Crippen LogP) is 5.84. The number of amides is 1. The van der Waals surface area contributed by atoms with E-state index < -0.39 is 10.0 Å². The van der Waals surface area contributed by atoms with E-state index in [0.29, 0.717) is 29.5 Å². The second kappa shape index (κ2) is 12.7. The van der Waals surface area contributed by atoms with Crippen LogP contribution in [-0.4, -0.2) is 38.4 Å². The topological polar surface area (TPSA) is 75.7 Å². The van der Waals surface area contributed by atoms with Crippen molar-refractivity contribution in [3.05, 3.63) is 101 Å². The number of benzene rings is 3. The summed E-state index contributed by atoms with van der Waals surface area (Å²) >= 11 is 6.09. The highest BCUT2D eigenvalue weighted by atomic mass is 35.5. The number of nitrogens with one attached hydrogen (secondary N) is 1. The summed E-state index contributed by atoms with van der Waals surface area (Å²) in [5.74, 6) is 0.312. The molecule has 3 aromatic rings. The molecule has 1 saturated heterocycles. The molecule has 1 N–H and O–H groups in total. The summed E-state index contributed by atoms with van der Waals surface area (Å²) < 4.78 is 34.5. The standard InChI is InChI=1S/C29H33ClN2O4S/c1-2-28(24-12-14-26(30)15-13-24)32(37(34,35)27-6-4-3-5-7-27)21-23-8-10-25(11-9-23)29(33)31-20-22-16-18-36-19-17-22/h3-15,22,28H,2,16-21H2,1H3,(H,31,33)/t28-/m0/s1. The molecule has 1 aliphatic heterocycles. The van der Waals surface area contributed by atoms with Gasteiger partial charge in [-0.25, -0.2) is 8.42 Å². The fourth-order valence-corrected chi connectivity index (χ4v) is 6.43. The van der Waals surface area contributed by atoms with Crippen molar-refractivity contribution in [3.8, 4) is 0 Å². The Morgan fingerprint density at radius 3 is 2.27 bits per heavy atom. The summed E-state index contributed by atoms with van der Waals surface area (Å²) in [5, 5.41) is 3.62. The van der Waals surface area contributed by atoms with E-state index in [4.69, 9.17) is 16.3 Å².